The molecule has 0 N–H and O–H groups in total. The highest BCUT2D eigenvalue weighted by molar-refractivity contribution is 6.19. The molecule has 1 aliphatic carbocycles. The van der Waals surface area contributed by atoms with Gasteiger partial charge >= 0.3 is 5.97 Å². The molecule has 0 radical (unpaired) electrons. The quantitative estimate of drug-likeness (QED) is 0.332. The largest absolute Gasteiger partial charge is 0.459 e. The van der Waals surface area contributed by atoms with Gasteiger partial charge in [0.15, 0.2) is 0 Å². The van der Waals surface area contributed by atoms with Gasteiger partial charge in [0.2, 0.25) is 0 Å². The van der Waals surface area contributed by atoms with Crippen LogP contribution in [-0.2, 0) is 23.9 Å². The molecule has 2 fully saturated rings. The summed E-state index contributed by atoms with van der Waals surface area (Å²) >= 11 is 0. The van der Waals surface area contributed by atoms with Crippen molar-refractivity contribution in [2.24, 2.45) is 0 Å². The Morgan fingerprint density at radius 3 is 2.54 bits per heavy atom. The van der Waals surface area contributed by atoms with Crippen LogP contribution in [0.5, 0.6) is 0 Å². The molecule has 1 saturated carbocycles. The van der Waals surface area contributed by atoms with E-state index in [0.29, 0.717) is 23.3 Å². The monoisotopic (exact) mass is 333 g/mol. The van der Waals surface area contributed by atoms with E-state index >= 15 is 0 Å². The molecule has 1 atom stereocenters. The van der Waals surface area contributed by atoms with Gasteiger partial charge in [-0.2, -0.15) is 0 Å². The van der Waals surface area contributed by atoms with E-state index in [1.807, 2.05) is 0 Å². The molecule has 0 aromatic rings. The maximum atomic E-state index is 12.7. The number of nitrogens with zero attached hydrogens (tertiary/aromatic N) is 1. The molecule has 2 aliphatic heterocycles. The molecule has 0 aromatic carbocycles. The molecule has 3 aliphatic rings. The van der Waals surface area contributed by atoms with Crippen LogP contribution in [0, 0.1) is 0 Å². The zero-order valence-corrected chi connectivity index (χ0v) is 14.2. The first-order valence-corrected chi connectivity index (χ1v) is 8.55. The van der Waals surface area contributed by atoms with Crippen molar-refractivity contribution in [1.29, 1.82) is 0 Å². The van der Waals surface area contributed by atoms with Crippen molar-refractivity contribution >= 4 is 17.8 Å². The van der Waals surface area contributed by atoms with E-state index < -0.39 is 5.97 Å². The summed E-state index contributed by atoms with van der Waals surface area (Å²) in [5.41, 5.74) is 1.17. The zero-order chi connectivity index (χ0) is 17.3. The van der Waals surface area contributed by atoms with E-state index in [2.05, 4.69) is 0 Å². The Kier molecular flexibility index (Phi) is 4.85. The lowest BCUT2D eigenvalue weighted by Crippen LogP contribution is -2.41. The van der Waals surface area contributed by atoms with Crippen molar-refractivity contribution in [3.63, 3.8) is 0 Å². The third-order valence-electron chi connectivity index (χ3n) is 4.97. The maximum Gasteiger partial charge on any atom is 0.334 e. The van der Waals surface area contributed by atoms with Gasteiger partial charge in [-0.1, -0.05) is 19.3 Å². The van der Waals surface area contributed by atoms with Crippen molar-refractivity contribution < 1.29 is 23.9 Å². The van der Waals surface area contributed by atoms with Gasteiger partial charge in [-0.05, 0) is 32.3 Å². The molecule has 2 amide bonds. The van der Waals surface area contributed by atoms with Crippen LogP contribution in [0.25, 0.3) is 0 Å². The Balaban J connectivity index is 1.71. The summed E-state index contributed by atoms with van der Waals surface area (Å²) in [7, 11) is 0. The normalized spacial score (nSPS) is 25.5. The van der Waals surface area contributed by atoms with Crippen molar-refractivity contribution in [3.8, 4) is 0 Å². The smallest absolute Gasteiger partial charge is 0.334 e. The molecule has 1 saturated heterocycles. The molecule has 0 aromatic heterocycles. The first kappa shape index (κ1) is 16.9. The van der Waals surface area contributed by atoms with E-state index in [-0.39, 0.29) is 30.6 Å². The first-order chi connectivity index (χ1) is 11.5. The minimum atomic E-state index is -0.472. The Morgan fingerprint density at radius 1 is 1.25 bits per heavy atom. The molecule has 130 valence electrons. The third-order valence-corrected chi connectivity index (χ3v) is 4.97. The summed E-state index contributed by atoms with van der Waals surface area (Å²) in [6.45, 7) is 4.14. The fourth-order valence-electron chi connectivity index (χ4n) is 3.23. The van der Waals surface area contributed by atoms with E-state index in [9.17, 15) is 14.4 Å². The third kappa shape index (κ3) is 3.43. The lowest BCUT2D eigenvalue weighted by Gasteiger charge is -2.29. The summed E-state index contributed by atoms with van der Waals surface area (Å²) in [6, 6.07) is -0.0143. The second-order valence-corrected chi connectivity index (χ2v) is 6.67. The van der Waals surface area contributed by atoms with E-state index in [1.165, 1.54) is 11.0 Å². The minimum Gasteiger partial charge on any atom is -0.459 e. The summed E-state index contributed by atoms with van der Waals surface area (Å²) in [4.78, 5) is 38.4. The van der Waals surface area contributed by atoms with Gasteiger partial charge in [0, 0.05) is 23.3 Å². The second kappa shape index (κ2) is 6.89. The minimum absolute atomic E-state index is 0.00208. The van der Waals surface area contributed by atoms with Gasteiger partial charge in [-0.3, -0.25) is 14.5 Å². The molecular weight excluding hydrogens is 310 g/mol. The van der Waals surface area contributed by atoms with Crippen LogP contribution in [0.15, 0.2) is 22.8 Å². The van der Waals surface area contributed by atoms with Gasteiger partial charge < -0.3 is 9.47 Å². The summed E-state index contributed by atoms with van der Waals surface area (Å²) in [5.74, 6) is -1.03. The number of epoxide rings is 1. The molecule has 1 unspecified atom stereocenters. The van der Waals surface area contributed by atoms with Crippen molar-refractivity contribution in [2.45, 2.75) is 58.1 Å². The molecular formula is C18H23NO5. The van der Waals surface area contributed by atoms with E-state index in [4.69, 9.17) is 9.47 Å². The number of amides is 2. The van der Waals surface area contributed by atoms with Crippen LogP contribution in [-0.4, -0.2) is 48.0 Å². The lowest BCUT2D eigenvalue weighted by molar-refractivity contribution is -0.140. The van der Waals surface area contributed by atoms with Crippen LogP contribution in [0.4, 0.5) is 0 Å². The van der Waals surface area contributed by atoms with Crippen LogP contribution in [0.2, 0.25) is 0 Å². The topological polar surface area (TPSA) is 76.2 Å². The predicted octanol–water partition coefficient (Wildman–Crippen LogP) is 1.89. The fraction of sp³-hybridized carbons (Fsp3) is 0.611. The zero-order valence-electron chi connectivity index (χ0n) is 14.2. The number of rotatable bonds is 5. The van der Waals surface area contributed by atoms with E-state index in [0.717, 1.165) is 32.1 Å². The highest BCUT2D eigenvalue weighted by atomic mass is 16.6. The Bertz CT molecular complexity index is 623. The number of carbonyl (C=O) groups is 3. The SMILES string of the molecule is C/C(C(=O)OCC1CO1)=C(/C)C1=CC(=O)N(C2CCCCC2)C1=O. The molecule has 0 spiro atoms. The first-order valence-electron chi connectivity index (χ1n) is 8.55. The van der Waals surface area contributed by atoms with Crippen molar-refractivity contribution in [2.75, 3.05) is 13.2 Å². The summed E-state index contributed by atoms with van der Waals surface area (Å²) in [6.07, 6.45) is 6.32. The molecule has 2 heterocycles. The number of esters is 1. The number of hydrogen-bond donors (Lipinski definition) is 0. The molecule has 24 heavy (non-hydrogen) atoms. The number of carbonyl (C=O) groups excluding carboxylic acids is 3. The van der Waals surface area contributed by atoms with Gasteiger partial charge in [0.25, 0.3) is 11.8 Å². The summed E-state index contributed by atoms with van der Waals surface area (Å²) < 4.78 is 10.2. The lowest BCUT2D eigenvalue weighted by atomic mass is 9.94. The van der Waals surface area contributed by atoms with Crippen molar-refractivity contribution in [3.05, 3.63) is 22.8 Å². The Hall–Kier alpha value is -1.95. The second-order valence-electron chi connectivity index (χ2n) is 6.67. The number of imide groups is 1. The van der Waals surface area contributed by atoms with Crippen molar-refractivity contribution in [1.82, 2.24) is 4.90 Å². The number of hydrogen-bond acceptors (Lipinski definition) is 5. The van der Waals surface area contributed by atoms with Gasteiger partial charge in [-0.15, -0.1) is 0 Å². The van der Waals surface area contributed by atoms with Crippen LogP contribution in [0.3, 0.4) is 0 Å². The molecule has 0 bridgehead atoms. The highest BCUT2D eigenvalue weighted by Gasteiger charge is 2.38. The molecule has 3 rings (SSSR count). The number of ether oxygens (including phenoxy) is 2. The highest BCUT2D eigenvalue weighted by Crippen LogP contribution is 2.30. The summed E-state index contributed by atoms with van der Waals surface area (Å²) in [5, 5.41) is 0. The van der Waals surface area contributed by atoms with Crippen LogP contribution in [0.1, 0.15) is 46.0 Å². The maximum absolute atomic E-state index is 12.7. The molecule has 6 nitrogen and oxygen atoms in total. The fourth-order valence-corrected chi connectivity index (χ4v) is 3.23. The van der Waals surface area contributed by atoms with E-state index in [1.54, 1.807) is 13.8 Å². The molecule has 6 heteroatoms. The van der Waals surface area contributed by atoms with Crippen LogP contribution < -0.4 is 0 Å². The Morgan fingerprint density at radius 2 is 1.92 bits per heavy atom. The Labute approximate surface area is 141 Å². The standard InChI is InChI=1S/C18H23NO5/c1-11(12(2)18(22)24-10-14-9-23-14)15-8-16(20)19(17(15)21)13-6-4-3-5-7-13/h8,13-14H,3-7,9-10H2,1-2H3/b12-11+. The van der Waals surface area contributed by atoms with Gasteiger partial charge in [-0.25, -0.2) is 4.79 Å². The predicted molar refractivity (Wildman–Crippen MR) is 85.9 cm³/mol. The average Bonchev–Trinajstić information content (AvgIpc) is 3.36. The van der Waals surface area contributed by atoms with Gasteiger partial charge in [0.1, 0.15) is 12.7 Å². The average molecular weight is 333 g/mol. The van der Waals surface area contributed by atoms with Gasteiger partial charge in [0.05, 0.1) is 6.61 Å². The van der Waals surface area contributed by atoms with Crippen LogP contribution >= 0.6 is 0 Å².